The fourth-order valence-electron chi connectivity index (χ4n) is 7.49. The zero-order chi connectivity index (χ0) is 17.2. The quantitative estimate of drug-likeness (QED) is 0.769. The second-order valence-corrected chi connectivity index (χ2v) is 9.75. The summed E-state index contributed by atoms with van der Waals surface area (Å²) in [6, 6.07) is 0. The Balaban J connectivity index is 1.66. The second-order valence-electron chi connectivity index (χ2n) is 9.75. The molecule has 2 heteroatoms. The highest BCUT2D eigenvalue weighted by Crippen LogP contribution is 2.68. The van der Waals surface area contributed by atoms with Crippen LogP contribution in [0.3, 0.4) is 0 Å². The van der Waals surface area contributed by atoms with Gasteiger partial charge in [0.25, 0.3) is 0 Å². The van der Waals surface area contributed by atoms with E-state index in [1.165, 1.54) is 31.3 Å². The van der Waals surface area contributed by atoms with Gasteiger partial charge in [0, 0.05) is 6.42 Å². The first-order chi connectivity index (χ1) is 11.3. The van der Waals surface area contributed by atoms with Gasteiger partial charge in [0.1, 0.15) is 0 Å². The molecule has 24 heavy (non-hydrogen) atoms. The average molecular weight is 331 g/mol. The van der Waals surface area contributed by atoms with E-state index in [0.29, 0.717) is 11.7 Å². The van der Waals surface area contributed by atoms with Crippen LogP contribution in [0.5, 0.6) is 0 Å². The first kappa shape index (κ1) is 16.8. The molecule has 3 fully saturated rings. The molecule has 0 aliphatic heterocycles. The third-order valence-electron chi connectivity index (χ3n) is 8.95. The van der Waals surface area contributed by atoms with Crippen LogP contribution in [0.25, 0.3) is 0 Å². The molecule has 0 spiro atoms. The molecule has 4 aliphatic carbocycles. The molecule has 6 atom stereocenters. The molecule has 0 saturated heterocycles. The Labute approximate surface area is 147 Å². The molecular weight excluding hydrogens is 296 g/mol. The summed E-state index contributed by atoms with van der Waals surface area (Å²) < 4.78 is 0. The minimum absolute atomic E-state index is 0.117. The van der Waals surface area contributed by atoms with Crippen molar-refractivity contribution in [3.63, 3.8) is 0 Å². The van der Waals surface area contributed by atoms with Crippen LogP contribution in [0, 0.1) is 28.6 Å². The summed E-state index contributed by atoms with van der Waals surface area (Å²) in [5.41, 5.74) is 1.39. The van der Waals surface area contributed by atoms with Crippen LogP contribution in [0.2, 0.25) is 0 Å². The van der Waals surface area contributed by atoms with E-state index in [1.807, 2.05) is 6.08 Å². The van der Waals surface area contributed by atoms with Crippen molar-refractivity contribution in [1.82, 2.24) is 0 Å². The Morgan fingerprint density at radius 1 is 1.08 bits per heavy atom. The maximum atomic E-state index is 11.9. The van der Waals surface area contributed by atoms with Crippen molar-refractivity contribution >= 4 is 5.78 Å². The predicted molar refractivity (Wildman–Crippen MR) is 96.6 cm³/mol. The highest BCUT2D eigenvalue weighted by molar-refractivity contribution is 5.91. The number of hydrogen-bond donors (Lipinski definition) is 1. The van der Waals surface area contributed by atoms with Gasteiger partial charge in [-0.2, -0.15) is 0 Å². The maximum absolute atomic E-state index is 11.9. The first-order valence-corrected chi connectivity index (χ1v) is 10.3. The molecule has 4 aliphatic rings. The Bertz CT molecular complexity index is 579. The average Bonchev–Trinajstić information content (AvgIpc) is 2.80. The molecule has 1 N–H and O–H groups in total. The monoisotopic (exact) mass is 330 g/mol. The normalized spacial score (nSPS) is 50.8. The Morgan fingerprint density at radius 2 is 1.83 bits per heavy atom. The molecule has 0 unspecified atom stereocenters. The number of aliphatic hydroxyl groups is 1. The highest BCUT2D eigenvalue weighted by atomic mass is 16.3. The van der Waals surface area contributed by atoms with Gasteiger partial charge in [-0.1, -0.05) is 32.8 Å². The fourth-order valence-corrected chi connectivity index (χ4v) is 7.49. The maximum Gasteiger partial charge on any atom is 0.155 e. The van der Waals surface area contributed by atoms with Gasteiger partial charge in [0.05, 0.1) is 5.60 Å². The molecule has 0 aromatic heterocycles. The molecular formula is C22H34O2. The number of carbonyl (C=O) groups excluding carboxylic acids is 1. The van der Waals surface area contributed by atoms with Crippen LogP contribution in [0.15, 0.2) is 11.6 Å². The molecule has 2 nitrogen and oxygen atoms in total. The molecule has 0 aromatic carbocycles. The Morgan fingerprint density at radius 3 is 2.58 bits per heavy atom. The standard InChI is InChI=1S/C22H34O2/c1-4-10-22(24)13-9-19-17-6-5-15-14-16(23)7-11-20(15,2)18(17)8-12-21(19,22)3/h14,17-19,24H,4-13H2,1-3H3/t17-,18+,19+,20-,21+,22+/m1/s1. The van der Waals surface area contributed by atoms with Crippen molar-refractivity contribution in [1.29, 1.82) is 0 Å². The lowest BCUT2D eigenvalue weighted by atomic mass is 9.46. The molecule has 3 saturated carbocycles. The largest absolute Gasteiger partial charge is 0.389 e. The number of hydrogen-bond acceptors (Lipinski definition) is 2. The van der Waals surface area contributed by atoms with Gasteiger partial charge in [-0.05, 0) is 86.0 Å². The van der Waals surface area contributed by atoms with Crippen LogP contribution in [-0.4, -0.2) is 16.5 Å². The van der Waals surface area contributed by atoms with Crippen LogP contribution in [-0.2, 0) is 4.79 Å². The zero-order valence-corrected chi connectivity index (χ0v) is 15.7. The summed E-state index contributed by atoms with van der Waals surface area (Å²) in [5, 5.41) is 11.4. The van der Waals surface area contributed by atoms with Crippen LogP contribution < -0.4 is 0 Å². The summed E-state index contributed by atoms with van der Waals surface area (Å²) in [6.07, 6.45) is 12.8. The Hall–Kier alpha value is -0.630. The van der Waals surface area contributed by atoms with E-state index in [2.05, 4.69) is 20.8 Å². The van der Waals surface area contributed by atoms with Crippen LogP contribution in [0.1, 0.15) is 85.0 Å². The Kier molecular flexibility index (Phi) is 3.81. The van der Waals surface area contributed by atoms with Gasteiger partial charge in [-0.25, -0.2) is 0 Å². The van der Waals surface area contributed by atoms with Gasteiger partial charge < -0.3 is 5.11 Å². The summed E-state index contributed by atoms with van der Waals surface area (Å²) in [7, 11) is 0. The number of allylic oxidation sites excluding steroid dienone is 1. The van der Waals surface area contributed by atoms with Crippen molar-refractivity contribution in [2.75, 3.05) is 0 Å². The third kappa shape index (κ3) is 2.08. The van der Waals surface area contributed by atoms with E-state index in [0.717, 1.165) is 50.4 Å². The fraction of sp³-hybridized carbons (Fsp3) is 0.864. The topological polar surface area (TPSA) is 37.3 Å². The SMILES string of the molecule is CCC[C@]1(O)CC[C@H]2[C@@H]3CCC4=CC(=O)CC[C@@]4(C)[C@H]3CC[C@@]21C. The van der Waals surface area contributed by atoms with Gasteiger partial charge in [0.2, 0.25) is 0 Å². The number of rotatable bonds is 2. The lowest BCUT2D eigenvalue weighted by Gasteiger charge is -2.59. The molecule has 0 amide bonds. The molecule has 0 bridgehead atoms. The van der Waals surface area contributed by atoms with Crippen LogP contribution >= 0.6 is 0 Å². The minimum atomic E-state index is -0.434. The van der Waals surface area contributed by atoms with Crippen molar-refractivity contribution in [3.8, 4) is 0 Å². The van der Waals surface area contributed by atoms with E-state index in [-0.39, 0.29) is 10.8 Å². The smallest absolute Gasteiger partial charge is 0.155 e. The van der Waals surface area contributed by atoms with Gasteiger partial charge in [0.15, 0.2) is 5.78 Å². The highest BCUT2D eigenvalue weighted by Gasteiger charge is 2.63. The molecule has 134 valence electrons. The van der Waals surface area contributed by atoms with Crippen molar-refractivity contribution in [2.45, 2.75) is 90.6 Å². The van der Waals surface area contributed by atoms with E-state index in [1.54, 1.807) is 0 Å². The summed E-state index contributed by atoms with van der Waals surface area (Å²) in [4.78, 5) is 11.9. The van der Waals surface area contributed by atoms with Crippen molar-refractivity contribution < 1.29 is 9.90 Å². The van der Waals surface area contributed by atoms with E-state index < -0.39 is 5.60 Å². The van der Waals surface area contributed by atoms with E-state index in [9.17, 15) is 9.90 Å². The third-order valence-corrected chi connectivity index (χ3v) is 8.95. The summed E-state index contributed by atoms with van der Waals surface area (Å²) in [6.45, 7) is 7.05. The van der Waals surface area contributed by atoms with Gasteiger partial charge in [-0.15, -0.1) is 0 Å². The van der Waals surface area contributed by atoms with Gasteiger partial charge >= 0.3 is 0 Å². The molecule has 0 aromatic rings. The van der Waals surface area contributed by atoms with Gasteiger partial charge in [-0.3, -0.25) is 4.79 Å². The molecule has 0 radical (unpaired) electrons. The lowest BCUT2D eigenvalue weighted by Crippen LogP contribution is -2.54. The molecule has 0 heterocycles. The van der Waals surface area contributed by atoms with Crippen molar-refractivity contribution in [3.05, 3.63) is 11.6 Å². The van der Waals surface area contributed by atoms with Crippen molar-refractivity contribution in [2.24, 2.45) is 28.6 Å². The number of fused-ring (bicyclic) bond motifs is 5. The summed E-state index contributed by atoms with van der Waals surface area (Å²) in [5.74, 6) is 2.51. The van der Waals surface area contributed by atoms with Crippen LogP contribution in [0.4, 0.5) is 0 Å². The van der Waals surface area contributed by atoms with E-state index >= 15 is 0 Å². The number of ketones is 1. The minimum Gasteiger partial charge on any atom is -0.389 e. The summed E-state index contributed by atoms with van der Waals surface area (Å²) >= 11 is 0. The van der Waals surface area contributed by atoms with E-state index in [4.69, 9.17) is 0 Å². The second kappa shape index (κ2) is 5.43. The first-order valence-electron chi connectivity index (χ1n) is 10.3. The zero-order valence-electron chi connectivity index (χ0n) is 15.7. The number of carbonyl (C=O) groups is 1. The predicted octanol–water partition coefficient (Wildman–Crippen LogP) is 5.05. The lowest BCUT2D eigenvalue weighted by molar-refractivity contribution is -0.132. The molecule has 4 rings (SSSR count).